The lowest BCUT2D eigenvalue weighted by molar-refractivity contribution is -0.142. The van der Waals surface area contributed by atoms with Gasteiger partial charge in [0.15, 0.2) is 0 Å². The van der Waals surface area contributed by atoms with Gasteiger partial charge in [-0.3, -0.25) is 9.59 Å². The second-order valence-corrected chi connectivity index (χ2v) is 8.73. The number of allylic oxidation sites excluding steroid dienone is 1. The molecule has 0 aromatic carbocycles. The Morgan fingerprint density at radius 2 is 1.34 bits per heavy atom. The van der Waals surface area contributed by atoms with Gasteiger partial charge in [-0.1, -0.05) is 59.5 Å². The molecule has 0 heterocycles. The van der Waals surface area contributed by atoms with E-state index in [1.54, 1.807) is 0 Å². The first-order valence-corrected chi connectivity index (χ1v) is 11.1. The largest absolute Gasteiger partial charge is 0.480 e. The third-order valence-corrected chi connectivity index (χ3v) is 4.74. The van der Waals surface area contributed by atoms with Crippen LogP contribution in [0, 0.1) is 11.8 Å². The van der Waals surface area contributed by atoms with Crippen molar-refractivity contribution >= 4 is 17.8 Å². The van der Waals surface area contributed by atoms with Gasteiger partial charge in [-0.05, 0) is 43.9 Å². The predicted molar refractivity (Wildman–Crippen MR) is 118 cm³/mol. The first-order chi connectivity index (χ1) is 13.7. The summed E-state index contributed by atoms with van der Waals surface area (Å²) in [5.41, 5.74) is 0. The van der Waals surface area contributed by atoms with Crippen LogP contribution in [0.15, 0.2) is 12.7 Å². The van der Waals surface area contributed by atoms with Crippen LogP contribution < -0.4 is 10.6 Å². The maximum atomic E-state index is 12.6. The van der Waals surface area contributed by atoms with Crippen LogP contribution >= 0.6 is 0 Å². The van der Waals surface area contributed by atoms with Crippen molar-refractivity contribution in [3.05, 3.63) is 12.7 Å². The highest BCUT2D eigenvalue weighted by Crippen LogP contribution is 2.11. The van der Waals surface area contributed by atoms with Gasteiger partial charge in [0.05, 0.1) is 0 Å². The molecule has 0 spiro atoms. The van der Waals surface area contributed by atoms with Gasteiger partial charge in [0.25, 0.3) is 0 Å². The molecule has 168 valence electrons. The minimum absolute atomic E-state index is 0.145. The van der Waals surface area contributed by atoms with E-state index in [4.69, 9.17) is 0 Å². The highest BCUT2D eigenvalue weighted by Gasteiger charge is 2.27. The number of carbonyl (C=O) groups excluding carboxylic acids is 2. The normalized spacial score (nSPS) is 13.2. The summed E-state index contributed by atoms with van der Waals surface area (Å²) >= 11 is 0. The molecular formula is C23H42N2O4. The van der Waals surface area contributed by atoms with Gasteiger partial charge in [-0.15, -0.1) is 6.58 Å². The maximum Gasteiger partial charge on any atom is 0.326 e. The van der Waals surface area contributed by atoms with E-state index in [-0.39, 0.29) is 17.7 Å². The Kier molecular flexibility index (Phi) is 15.0. The molecule has 0 radical (unpaired) electrons. The van der Waals surface area contributed by atoms with Crippen molar-refractivity contribution in [3.8, 4) is 0 Å². The van der Waals surface area contributed by atoms with Crippen LogP contribution in [0.25, 0.3) is 0 Å². The number of carboxylic acid groups (broad SMARTS) is 1. The van der Waals surface area contributed by atoms with Crippen LogP contribution in [-0.2, 0) is 14.4 Å². The van der Waals surface area contributed by atoms with Crippen molar-refractivity contribution in [1.29, 1.82) is 0 Å². The summed E-state index contributed by atoms with van der Waals surface area (Å²) in [5.74, 6) is -1.26. The molecule has 0 saturated heterocycles. The smallest absolute Gasteiger partial charge is 0.326 e. The molecule has 0 rings (SSSR count). The molecule has 1 unspecified atom stereocenters. The van der Waals surface area contributed by atoms with Crippen LogP contribution in [0.3, 0.4) is 0 Å². The van der Waals surface area contributed by atoms with Crippen molar-refractivity contribution in [1.82, 2.24) is 10.6 Å². The average Bonchev–Trinajstić information content (AvgIpc) is 2.61. The van der Waals surface area contributed by atoms with Crippen LogP contribution in [0.1, 0.15) is 91.9 Å². The summed E-state index contributed by atoms with van der Waals surface area (Å²) < 4.78 is 0. The van der Waals surface area contributed by atoms with Gasteiger partial charge in [0.1, 0.15) is 12.1 Å². The van der Waals surface area contributed by atoms with Crippen molar-refractivity contribution in [2.24, 2.45) is 11.8 Å². The van der Waals surface area contributed by atoms with Crippen molar-refractivity contribution < 1.29 is 19.5 Å². The van der Waals surface area contributed by atoms with Gasteiger partial charge in [-0.2, -0.15) is 0 Å². The summed E-state index contributed by atoms with van der Waals surface area (Å²) in [4.78, 5) is 36.3. The molecule has 6 heteroatoms. The fraction of sp³-hybridized carbons (Fsp3) is 0.783. The number of nitrogens with one attached hydrogen (secondary N) is 2. The number of amides is 2. The van der Waals surface area contributed by atoms with Crippen LogP contribution in [0.5, 0.6) is 0 Å². The molecule has 0 aromatic rings. The Labute approximate surface area is 176 Å². The number of hydrogen-bond acceptors (Lipinski definition) is 3. The molecule has 29 heavy (non-hydrogen) atoms. The number of carboxylic acids is 1. The molecule has 3 N–H and O–H groups in total. The second-order valence-electron chi connectivity index (χ2n) is 8.73. The summed E-state index contributed by atoms with van der Waals surface area (Å²) in [6.45, 7) is 11.5. The van der Waals surface area contributed by atoms with Crippen molar-refractivity contribution in [2.45, 2.75) is 104 Å². The summed E-state index contributed by atoms with van der Waals surface area (Å²) in [5, 5.41) is 14.8. The zero-order chi connectivity index (χ0) is 22.2. The van der Waals surface area contributed by atoms with Crippen molar-refractivity contribution in [3.63, 3.8) is 0 Å². The number of hydrogen-bond donors (Lipinski definition) is 3. The minimum Gasteiger partial charge on any atom is -0.480 e. The summed E-state index contributed by atoms with van der Waals surface area (Å²) in [7, 11) is 0. The zero-order valence-corrected chi connectivity index (χ0v) is 18.8. The predicted octanol–water partition coefficient (Wildman–Crippen LogP) is 4.44. The Morgan fingerprint density at radius 1 is 0.828 bits per heavy atom. The molecule has 0 fully saturated rings. The molecule has 0 aliphatic rings. The van der Waals surface area contributed by atoms with E-state index in [1.807, 2.05) is 33.8 Å². The van der Waals surface area contributed by atoms with E-state index in [9.17, 15) is 19.5 Å². The fourth-order valence-electron chi connectivity index (χ4n) is 3.22. The van der Waals surface area contributed by atoms with E-state index < -0.39 is 24.0 Å². The Hall–Kier alpha value is -1.85. The van der Waals surface area contributed by atoms with Gasteiger partial charge in [0, 0.05) is 6.42 Å². The Bertz CT molecular complexity index is 503. The molecule has 0 aliphatic carbocycles. The first-order valence-electron chi connectivity index (χ1n) is 11.1. The van der Waals surface area contributed by atoms with Gasteiger partial charge < -0.3 is 15.7 Å². The summed E-state index contributed by atoms with van der Waals surface area (Å²) in [6.07, 6.45) is 10.7. The highest BCUT2D eigenvalue weighted by atomic mass is 16.4. The third-order valence-electron chi connectivity index (χ3n) is 4.74. The summed E-state index contributed by atoms with van der Waals surface area (Å²) in [6, 6.07) is -1.63. The Balaban J connectivity index is 4.47. The van der Waals surface area contributed by atoms with Gasteiger partial charge in [0.2, 0.25) is 11.8 Å². The van der Waals surface area contributed by atoms with E-state index >= 15 is 0 Å². The number of rotatable bonds is 17. The molecule has 0 aromatic heterocycles. The number of unbranched alkanes of at least 4 members (excludes halogenated alkanes) is 6. The third kappa shape index (κ3) is 14.8. The molecular weight excluding hydrogens is 368 g/mol. The molecule has 2 atom stereocenters. The zero-order valence-electron chi connectivity index (χ0n) is 18.8. The van der Waals surface area contributed by atoms with E-state index in [1.165, 1.54) is 19.3 Å². The van der Waals surface area contributed by atoms with Crippen LogP contribution in [-0.4, -0.2) is 35.0 Å². The monoisotopic (exact) mass is 410 g/mol. The quantitative estimate of drug-likeness (QED) is 0.244. The second kappa shape index (κ2) is 16.0. The standard InChI is InChI=1S/C23H42N2O4/c1-6-7-8-9-10-11-12-13-14-21(26)24-19(15-17(2)3)22(27)25-20(23(28)29)16-18(4)5/h6,17-20H,1,7-16H2,2-5H3,(H,24,26)(H,25,27)(H,28,29)/t19-,20?/m1/s1. The first kappa shape index (κ1) is 27.1. The van der Waals surface area contributed by atoms with Crippen LogP contribution in [0.2, 0.25) is 0 Å². The molecule has 0 aliphatic heterocycles. The molecule has 6 nitrogen and oxygen atoms in total. The highest BCUT2D eigenvalue weighted by molar-refractivity contribution is 5.90. The van der Waals surface area contributed by atoms with Gasteiger partial charge in [-0.25, -0.2) is 4.79 Å². The topological polar surface area (TPSA) is 95.5 Å². The molecule has 0 bridgehead atoms. The van der Waals surface area contributed by atoms with Crippen molar-refractivity contribution in [2.75, 3.05) is 0 Å². The molecule has 2 amide bonds. The minimum atomic E-state index is -1.05. The fourth-order valence-corrected chi connectivity index (χ4v) is 3.22. The van der Waals surface area contributed by atoms with E-state index in [0.29, 0.717) is 19.3 Å². The Morgan fingerprint density at radius 3 is 1.86 bits per heavy atom. The molecule has 0 saturated carbocycles. The van der Waals surface area contributed by atoms with E-state index in [0.717, 1.165) is 25.7 Å². The van der Waals surface area contributed by atoms with Gasteiger partial charge >= 0.3 is 5.97 Å². The number of aliphatic carboxylic acids is 1. The number of carbonyl (C=O) groups is 3. The lowest BCUT2D eigenvalue weighted by Gasteiger charge is -2.23. The van der Waals surface area contributed by atoms with Crippen LogP contribution in [0.4, 0.5) is 0 Å². The van der Waals surface area contributed by atoms with E-state index in [2.05, 4.69) is 17.2 Å². The SMILES string of the molecule is C=CCCCCCCCCC(=O)N[C@H](CC(C)C)C(=O)NC(CC(C)C)C(=O)O. The maximum absolute atomic E-state index is 12.6. The lowest BCUT2D eigenvalue weighted by atomic mass is 10.0. The average molecular weight is 411 g/mol. The lowest BCUT2D eigenvalue weighted by Crippen LogP contribution is -2.52.